The highest BCUT2D eigenvalue weighted by molar-refractivity contribution is 6.09. The van der Waals surface area contributed by atoms with Crippen LogP contribution in [0.15, 0.2) is 23.0 Å². The predicted octanol–water partition coefficient (Wildman–Crippen LogP) is 2.47. The van der Waals surface area contributed by atoms with Crippen LogP contribution in [0, 0.1) is 13.8 Å². The molecule has 8 heteroatoms. The molecular weight excluding hydrogens is 337 g/mol. The summed E-state index contributed by atoms with van der Waals surface area (Å²) in [6.45, 7) is 3.05. The number of aliphatic hydroxyl groups excluding tert-OH is 2. The highest BCUT2D eigenvalue weighted by Crippen LogP contribution is 2.39. The van der Waals surface area contributed by atoms with Gasteiger partial charge in [-0.25, -0.2) is 0 Å². The molecule has 2 aromatic heterocycles. The molecule has 25 heavy (non-hydrogen) atoms. The number of nitrogens with zero attached hydrogens (tertiary/aromatic N) is 1. The van der Waals surface area contributed by atoms with Gasteiger partial charge in [0.2, 0.25) is 5.56 Å². The van der Waals surface area contributed by atoms with Crippen molar-refractivity contribution in [3.8, 4) is 0 Å². The Morgan fingerprint density at radius 1 is 1.24 bits per heavy atom. The molecule has 3 N–H and O–H groups in total. The van der Waals surface area contributed by atoms with Gasteiger partial charge in [0.1, 0.15) is 0 Å². The van der Waals surface area contributed by atoms with Crippen molar-refractivity contribution in [1.82, 2.24) is 9.55 Å². The van der Waals surface area contributed by atoms with Crippen LogP contribution in [0.4, 0.5) is 13.2 Å². The number of aryl methyl sites for hydroxylation is 1. The van der Waals surface area contributed by atoms with Gasteiger partial charge in [-0.1, -0.05) is 0 Å². The van der Waals surface area contributed by atoms with Crippen molar-refractivity contribution in [1.29, 1.82) is 0 Å². The Kier molecular flexibility index (Phi) is 4.12. The molecule has 0 aliphatic rings. The van der Waals surface area contributed by atoms with Crippen LogP contribution in [-0.2, 0) is 12.7 Å². The van der Waals surface area contributed by atoms with Crippen LogP contribution in [0.5, 0.6) is 0 Å². The lowest BCUT2D eigenvalue weighted by atomic mass is 10.0. The summed E-state index contributed by atoms with van der Waals surface area (Å²) in [7, 11) is 0. The number of aromatic amines is 1. The molecule has 0 spiro atoms. The molecule has 2 heterocycles. The molecule has 0 amide bonds. The first-order valence-electron chi connectivity index (χ1n) is 7.66. The third-order valence-electron chi connectivity index (χ3n) is 4.51. The van der Waals surface area contributed by atoms with Gasteiger partial charge < -0.3 is 19.8 Å². The summed E-state index contributed by atoms with van der Waals surface area (Å²) in [6.07, 6.45) is -5.70. The maximum absolute atomic E-state index is 13.5. The molecule has 0 radical (unpaired) electrons. The molecule has 0 unspecified atom stereocenters. The maximum Gasteiger partial charge on any atom is 0.417 e. The van der Waals surface area contributed by atoms with E-state index in [1.165, 1.54) is 6.07 Å². The highest BCUT2D eigenvalue weighted by Gasteiger charge is 2.34. The van der Waals surface area contributed by atoms with Crippen LogP contribution in [0.2, 0.25) is 0 Å². The van der Waals surface area contributed by atoms with Gasteiger partial charge in [-0.15, -0.1) is 0 Å². The quantitative estimate of drug-likeness (QED) is 0.676. The Morgan fingerprint density at radius 3 is 2.52 bits per heavy atom. The van der Waals surface area contributed by atoms with Crippen LogP contribution in [0.25, 0.3) is 21.8 Å². The first kappa shape index (κ1) is 17.5. The lowest BCUT2D eigenvalue weighted by molar-refractivity contribution is -0.136. The minimum absolute atomic E-state index is 0.0584. The topological polar surface area (TPSA) is 78.2 Å². The first-order chi connectivity index (χ1) is 11.6. The molecule has 0 fully saturated rings. The average Bonchev–Trinajstić information content (AvgIpc) is 2.77. The van der Waals surface area contributed by atoms with Crippen molar-refractivity contribution in [3.05, 3.63) is 45.4 Å². The van der Waals surface area contributed by atoms with Gasteiger partial charge in [0, 0.05) is 33.6 Å². The zero-order valence-corrected chi connectivity index (χ0v) is 13.6. The number of aliphatic hydroxyl groups is 2. The fourth-order valence-corrected chi connectivity index (χ4v) is 3.24. The van der Waals surface area contributed by atoms with Gasteiger partial charge in [0.15, 0.2) is 0 Å². The van der Waals surface area contributed by atoms with Crippen LogP contribution in [-0.4, -0.2) is 32.5 Å². The smallest absolute Gasteiger partial charge is 0.394 e. The molecule has 5 nitrogen and oxygen atoms in total. The molecule has 0 aliphatic heterocycles. The average molecular weight is 354 g/mol. The second kappa shape index (κ2) is 5.89. The van der Waals surface area contributed by atoms with E-state index in [-0.39, 0.29) is 17.4 Å². The summed E-state index contributed by atoms with van der Waals surface area (Å²) >= 11 is 0. The van der Waals surface area contributed by atoms with Crippen LogP contribution in [0.1, 0.15) is 16.8 Å². The second-order valence-electron chi connectivity index (χ2n) is 6.08. The lowest BCUT2D eigenvalue weighted by Gasteiger charge is -2.13. The van der Waals surface area contributed by atoms with Crippen molar-refractivity contribution >= 4 is 21.8 Å². The third-order valence-corrected chi connectivity index (χ3v) is 4.51. The van der Waals surface area contributed by atoms with E-state index < -0.39 is 30.0 Å². The van der Waals surface area contributed by atoms with Crippen molar-refractivity contribution in [3.63, 3.8) is 0 Å². The van der Waals surface area contributed by atoms with E-state index in [2.05, 4.69) is 4.98 Å². The Labute approximate surface area is 140 Å². The largest absolute Gasteiger partial charge is 0.417 e. The van der Waals surface area contributed by atoms with Crippen LogP contribution < -0.4 is 5.56 Å². The number of aromatic nitrogens is 2. The van der Waals surface area contributed by atoms with Crippen molar-refractivity contribution in [2.45, 2.75) is 32.7 Å². The standard InChI is InChI=1S/C17H17F3N2O3/c1-8-9(2)22(6-10(24)7-23)13-4-3-12-16(15(8)13)11(17(18,19)20)5-14(25)21-12/h3-5,10,23-24H,6-7H2,1-2H3,(H,21,25)/t10-/m1/s1. The van der Waals surface area contributed by atoms with Gasteiger partial charge >= 0.3 is 6.18 Å². The molecular formula is C17H17F3N2O3. The van der Waals surface area contributed by atoms with E-state index in [1.54, 1.807) is 24.5 Å². The van der Waals surface area contributed by atoms with Crippen LogP contribution >= 0.6 is 0 Å². The zero-order chi connectivity index (χ0) is 18.5. The van der Waals surface area contributed by atoms with E-state index in [0.717, 1.165) is 0 Å². The first-order valence-corrected chi connectivity index (χ1v) is 7.66. The third kappa shape index (κ3) is 2.81. The van der Waals surface area contributed by atoms with E-state index in [4.69, 9.17) is 5.11 Å². The van der Waals surface area contributed by atoms with Crippen molar-refractivity contribution < 1.29 is 23.4 Å². The summed E-state index contributed by atoms with van der Waals surface area (Å²) in [6, 6.07) is 3.60. The Morgan fingerprint density at radius 2 is 1.92 bits per heavy atom. The number of nitrogens with one attached hydrogen (secondary N) is 1. The van der Waals surface area contributed by atoms with Crippen molar-refractivity contribution in [2.24, 2.45) is 0 Å². The number of H-pyrrole nitrogens is 1. The van der Waals surface area contributed by atoms with E-state index >= 15 is 0 Å². The number of halogens is 3. The monoisotopic (exact) mass is 354 g/mol. The molecule has 1 aromatic carbocycles. The fourth-order valence-electron chi connectivity index (χ4n) is 3.24. The normalized spacial score (nSPS) is 13.7. The van der Waals surface area contributed by atoms with Crippen LogP contribution in [0.3, 0.4) is 0 Å². The lowest BCUT2D eigenvalue weighted by Crippen LogP contribution is -2.20. The Hall–Kier alpha value is -2.32. The highest BCUT2D eigenvalue weighted by atomic mass is 19.4. The summed E-state index contributed by atoms with van der Waals surface area (Å²) in [4.78, 5) is 14.1. The minimum Gasteiger partial charge on any atom is -0.394 e. The molecule has 0 saturated heterocycles. The van der Waals surface area contributed by atoms with E-state index in [1.807, 2.05) is 0 Å². The maximum atomic E-state index is 13.5. The molecule has 0 saturated carbocycles. The minimum atomic E-state index is -4.67. The summed E-state index contributed by atoms with van der Waals surface area (Å²) in [5, 5.41) is 19.1. The number of alkyl halides is 3. The van der Waals surface area contributed by atoms with Gasteiger partial charge in [0.05, 0.1) is 24.8 Å². The van der Waals surface area contributed by atoms with Gasteiger partial charge in [0.25, 0.3) is 0 Å². The molecule has 3 aromatic rings. The molecule has 134 valence electrons. The number of hydrogen-bond donors (Lipinski definition) is 3. The number of fused-ring (bicyclic) bond motifs is 3. The molecule has 1 atom stereocenters. The Bertz CT molecular complexity index is 1020. The molecule has 0 bridgehead atoms. The van der Waals surface area contributed by atoms with Gasteiger partial charge in [-0.05, 0) is 31.5 Å². The number of hydrogen-bond acceptors (Lipinski definition) is 3. The second-order valence-corrected chi connectivity index (χ2v) is 6.08. The summed E-state index contributed by atoms with van der Waals surface area (Å²) in [5.41, 5.74) is 0.129. The zero-order valence-electron chi connectivity index (χ0n) is 13.6. The summed E-state index contributed by atoms with van der Waals surface area (Å²) in [5.74, 6) is 0. The van der Waals surface area contributed by atoms with E-state index in [9.17, 15) is 23.1 Å². The van der Waals surface area contributed by atoms with Gasteiger partial charge in [-0.2, -0.15) is 13.2 Å². The van der Waals surface area contributed by atoms with Gasteiger partial charge in [-0.3, -0.25) is 4.79 Å². The predicted molar refractivity (Wildman–Crippen MR) is 87.6 cm³/mol. The number of pyridine rings is 1. The number of rotatable bonds is 3. The fraction of sp³-hybridized carbons (Fsp3) is 0.353. The molecule has 0 aliphatic carbocycles. The SMILES string of the molecule is Cc1c(C)n(C[C@@H](O)CO)c2ccc3[nH]c(=O)cc(C(F)(F)F)c3c12. The summed E-state index contributed by atoms with van der Waals surface area (Å²) < 4.78 is 42.2. The number of benzene rings is 1. The van der Waals surface area contributed by atoms with E-state index in [0.29, 0.717) is 28.2 Å². The Balaban J connectivity index is 2.47. The van der Waals surface area contributed by atoms with Crippen molar-refractivity contribution in [2.75, 3.05) is 6.61 Å². The molecule has 3 rings (SSSR count).